The van der Waals surface area contributed by atoms with Crippen molar-refractivity contribution >= 4 is 27.8 Å². The predicted octanol–water partition coefficient (Wildman–Crippen LogP) is 5.25. The van der Waals surface area contributed by atoms with Crippen molar-refractivity contribution in [2.45, 2.75) is 19.3 Å². The Morgan fingerprint density at radius 1 is 1.03 bits per heavy atom. The average molecular weight is 476 g/mol. The molecule has 1 amide bonds. The van der Waals surface area contributed by atoms with E-state index >= 15 is 0 Å². The third-order valence-corrected chi connectivity index (χ3v) is 7.67. The molecule has 6 rings (SSSR count). The Labute approximate surface area is 211 Å². The van der Waals surface area contributed by atoms with Gasteiger partial charge in [-0.25, -0.2) is 4.52 Å². The van der Waals surface area contributed by atoms with Gasteiger partial charge in [-0.05, 0) is 72.5 Å². The van der Waals surface area contributed by atoms with Gasteiger partial charge in [0.2, 0.25) is 0 Å². The number of likely N-dealkylation sites (N-methyl/N-ethyl adjacent to an activating group) is 1. The van der Waals surface area contributed by atoms with Crippen molar-refractivity contribution in [2.75, 3.05) is 33.2 Å². The van der Waals surface area contributed by atoms with Crippen molar-refractivity contribution in [3.8, 4) is 17.2 Å². The summed E-state index contributed by atoms with van der Waals surface area (Å²) in [6.07, 6.45) is 8.76. The second kappa shape index (κ2) is 9.25. The van der Waals surface area contributed by atoms with Crippen LogP contribution >= 0.6 is 0 Å². The molecule has 1 saturated heterocycles. The fourth-order valence-corrected chi connectivity index (χ4v) is 5.45. The van der Waals surface area contributed by atoms with Crippen LogP contribution in [0.4, 0.5) is 0 Å². The van der Waals surface area contributed by atoms with Crippen molar-refractivity contribution in [3.05, 3.63) is 78.1 Å². The number of nitrogens with zero attached hydrogens (tertiary/aromatic N) is 5. The van der Waals surface area contributed by atoms with E-state index in [1.54, 1.807) is 0 Å². The second-order valence-corrected chi connectivity index (χ2v) is 9.98. The Morgan fingerprint density at radius 3 is 2.61 bits per heavy atom. The van der Waals surface area contributed by atoms with Gasteiger partial charge < -0.3 is 9.80 Å². The number of carbonyl (C=O) groups is 1. The Bertz CT molecular complexity index is 1530. The monoisotopic (exact) mass is 475 g/mol. The third kappa shape index (κ3) is 4.06. The van der Waals surface area contributed by atoms with Crippen LogP contribution in [0.5, 0.6) is 0 Å². The number of fused-ring (bicyclic) bond motifs is 2. The molecule has 0 spiro atoms. The van der Waals surface area contributed by atoms with Crippen LogP contribution in [-0.4, -0.2) is 58.5 Å². The molecule has 1 aliphatic carbocycles. The molecular formula is C30H29N5O. The molecule has 0 radical (unpaired) electrons. The highest BCUT2D eigenvalue weighted by atomic mass is 16.2. The van der Waals surface area contributed by atoms with Crippen molar-refractivity contribution < 1.29 is 4.79 Å². The summed E-state index contributed by atoms with van der Waals surface area (Å²) in [6.45, 7) is 3.38. The molecule has 1 fully saturated rings. The van der Waals surface area contributed by atoms with Crippen molar-refractivity contribution in [1.82, 2.24) is 19.4 Å². The molecule has 0 bridgehead atoms. The zero-order valence-corrected chi connectivity index (χ0v) is 20.5. The number of allylic oxidation sites excluding steroid dienone is 2. The quantitative estimate of drug-likeness (QED) is 0.406. The van der Waals surface area contributed by atoms with Gasteiger partial charge >= 0.3 is 0 Å². The number of nitriles is 1. The van der Waals surface area contributed by atoms with Crippen molar-refractivity contribution in [1.29, 1.82) is 5.26 Å². The molecule has 0 N–H and O–H groups in total. The lowest BCUT2D eigenvalue weighted by atomic mass is 9.86. The number of hydrogen-bond donors (Lipinski definition) is 0. The van der Waals surface area contributed by atoms with Crippen LogP contribution in [0, 0.1) is 17.2 Å². The van der Waals surface area contributed by atoms with Crippen LogP contribution in [0.2, 0.25) is 0 Å². The lowest BCUT2D eigenvalue weighted by Gasteiger charge is -2.32. The number of amides is 1. The second-order valence-electron chi connectivity index (χ2n) is 9.98. The molecule has 1 aliphatic heterocycles. The molecule has 6 heteroatoms. The maximum Gasteiger partial charge on any atom is 0.253 e. The number of rotatable bonds is 3. The van der Waals surface area contributed by atoms with Gasteiger partial charge in [-0.1, -0.05) is 30.3 Å². The van der Waals surface area contributed by atoms with E-state index in [0.29, 0.717) is 0 Å². The molecular weight excluding hydrogens is 446 g/mol. The number of benzene rings is 2. The summed E-state index contributed by atoms with van der Waals surface area (Å²) in [6, 6.07) is 19.0. The van der Waals surface area contributed by atoms with Gasteiger partial charge in [0.15, 0.2) is 0 Å². The van der Waals surface area contributed by atoms with E-state index in [-0.39, 0.29) is 11.8 Å². The highest BCUT2D eigenvalue weighted by molar-refractivity contribution is 6.00. The molecule has 2 aromatic carbocycles. The van der Waals surface area contributed by atoms with Gasteiger partial charge in [0, 0.05) is 49.1 Å². The lowest BCUT2D eigenvalue weighted by molar-refractivity contribution is 0.0664. The summed E-state index contributed by atoms with van der Waals surface area (Å²) in [4.78, 5) is 17.3. The largest absolute Gasteiger partial charge is 0.336 e. The average Bonchev–Trinajstić information content (AvgIpc) is 3.37. The predicted molar refractivity (Wildman–Crippen MR) is 142 cm³/mol. The highest BCUT2D eigenvalue weighted by Gasteiger charge is 2.21. The number of piperazine rings is 1. The van der Waals surface area contributed by atoms with E-state index < -0.39 is 0 Å². The summed E-state index contributed by atoms with van der Waals surface area (Å²) in [5.74, 6) is 0.229. The fourth-order valence-electron chi connectivity index (χ4n) is 5.45. The van der Waals surface area contributed by atoms with Gasteiger partial charge in [0.25, 0.3) is 5.91 Å². The SMILES string of the molecule is CN1CCN(C(=O)c2ccc3cc(-c4cnn5cccc(C6=CCC(C#N)CC6)c45)ccc3c2)CC1. The molecule has 1 unspecified atom stereocenters. The molecule has 1 atom stereocenters. The third-order valence-electron chi connectivity index (χ3n) is 7.67. The zero-order chi connectivity index (χ0) is 24.6. The fraction of sp³-hybridized carbons (Fsp3) is 0.300. The molecule has 3 heterocycles. The Balaban J connectivity index is 1.34. The molecule has 2 aromatic heterocycles. The van der Waals surface area contributed by atoms with Gasteiger partial charge in [-0.15, -0.1) is 0 Å². The summed E-state index contributed by atoms with van der Waals surface area (Å²) in [7, 11) is 2.10. The molecule has 0 saturated carbocycles. The van der Waals surface area contributed by atoms with Crippen LogP contribution in [0.15, 0.2) is 67.0 Å². The van der Waals surface area contributed by atoms with Gasteiger partial charge in [-0.2, -0.15) is 10.4 Å². The first-order valence-corrected chi connectivity index (χ1v) is 12.7. The summed E-state index contributed by atoms with van der Waals surface area (Å²) in [5.41, 5.74) is 6.53. The van der Waals surface area contributed by atoms with Gasteiger partial charge in [0.05, 0.1) is 23.7 Å². The lowest BCUT2D eigenvalue weighted by Crippen LogP contribution is -2.47. The zero-order valence-electron chi connectivity index (χ0n) is 20.5. The standard InChI is InChI=1S/C30H29N5O/c1-33-13-15-34(16-14-33)30(36)26-11-9-23-17-25(10-8-24(23)18-26)28-20-32-35-12-2-3-27(29(28)35)22-6-4-21(19-31)5-7-22/h2-3,6,8-12,17-18,20-21H,4-5,7,13-16H2,1H3. The van der Waals surface area contributed by atoms with E-state index in [4.69, 9.17) is 0 Å². The Kier molecular flexibility index (Phi) is 5.79. The number of carbonyl (C=O) groups excluding carboxylic acids is 1. The minimum Gasteiger partial charge on any atom is -0.336 e. The number of aromatic nitrogens is 2. The summed E-state index contributed by atoms with van der Waals surface area (Å²) in [5, 5.41) is 16.1. The van der Waals surface area contributed by atoms with Gasteiger partial charge in [-0.3, -0.25) is 4.79 Å². The first-order chi connectivity index (χ1) is 17.6. The van der Waals surface area contributed by atoms with Crippen molar-refractivity contribution in [2.24, 2.45) is 5.92 Å². The van der Waals surface area contributed by atoms with Gasteiger partial charge in [0.1, 0.15) is 0 Å². The highest BCUT2D eigenvalue weighted by Crippen LogP contribution is 2.36. The van der Waals surface area contributed by atoms with E-state index in [1.807, 2.05) is 40.0 Å². The maximum atomic E-state index is 13.1. The van der Waals surface area contributed by atoms with E-state index in [0.717, 1.165) is 78.4 Å². The topological polar surface area (TPSA) is 64.6 Å². The molecule has 2 aliphatic rings. The van der Waals surface area contributed by atoms with Crippen LogP contribution in [0.25, 0.3) is 33.0 Å². The maximum absolute atomic E-state index is 13.1. The molecule has 36 heavy (non-hydrogen) atoms. The molecule has 4 aromatic rings. The van der Waals surface area contributed by atoms with E-state index in [2.05, 4.69) is 59.5 Å². The first-order valence-electron chi connectivity index (χ1n) is 12.7. The first kappa shape index (κ1) is 22.5. The summed E-state index contributed by atoms with van der Waals surface area (Å²) >= 11 is 0. The van der Waals surface area contributed by atoms with Crippen molar-refractivity contribution in [3.63, 3.8) is 0 Å². The summed E-state index contributed by atoms with van der Waals surface area (Å²) < 4.78 is 1.95. The molecule has 180 valence electrons. The van der Waals surface area contributed by atoms with E-state index in [1.165, 1.54) is 11.1 Å². The normalized spacial score (nSPS) is 18.8. The number of hydrogen-bond acceptors (Lipinski definition) is 4. The molecule has 6 nitrogen and oxygen atoms in total. The minimum atomic E-state index is 0.112. The Hall–Kier alpha value is -3.95. The van der Waals surface area contributed by atoms with E-state index in [9.17, 15) is 10.1 Å². The Morgan fingerprint density at radius 2 is 1.83 bits per heavy atom. The smallest absolute Gasteiger partial charge is 0.253 e. The van der Waals surface area contributed by atoms with Crippen LogP contribution in [-0.2, 0) is 0 Å². The van der Waals surface area contributed by atoms with Crippen LogP contribution in [0.3, 0.4) is 0 Å². The van der Waals surface area contributed by atoms with Crippen LogP contribution in [0.1, 0.15) is 35.2 Å². The minimum absolute atomic E-state index is 0.112. The number of pyridine rings is 1. The van der Waals surface area contributed by atoms with Crippen LogP contribution < -0.4 is 0 Å².